The van der Waals surface area contributed by atoms with Crippen LogP contribution in [0.25, 0.3) is 0 Å². The van der Waals surface area contributed by atoms with E-state index in [-0.39, 0.29) is 18.1 Å². The van der Waals surface area contributed by atoms with Crippen molar-refractivity contribution in [3.63, 3.8) is 0 Å². The number of hydrazine groups is 1. The van der Waals surface area contributed by atoms with E-state index in [1.165, 1.54) is 0 Å². The lowest BCUT2D eigenvalue weighted by Crippen LogP contribution is -2.55. The third-order valence-electron chi connectivity index (χ3n) is 6.45. The average Bonchev–Trinajstić information content (AvgIpc) is 3.37. The number of carbonyl (C=O) groups excluding carboxylic acids is 1. The molecule has 1 aliphatic rings. The fourth-order valence-electron chi connectivity index (χ4n) is 4.28. The molecule has 1 aliphatic heterocycles. The van der Waals surface area contributed by atoms with Gasteiger partial charge in [-0.15, -0.1) is 0 Å². The Balaban J connectivity index is 1.66. The van der Waals surface area contributed by atoms with E-state index in [1.807, 2.05) is 104 Å². The van der Waals surface area contributed by atoms with Gasteiger partial charge in [0, 0.05) is 38.8 Å². The van der Waals surface area contributed by atoms with Crippen molar-refractivity contribution in [2.24, 2.45) is 11.5 Å². The van der Waals surface area contributed by atoms with Crippen molar-refractivity contribution in [3.05, 3.63) is 84.1 Å². The highest BCUT2D eigenvalue weighted by atomic mass is 16.5. The van der Waals surface area contributed by atoms with Gasteiger partial charge in [-0.05, 0) is 69.2 Å². The zero-order chi connectivity index (χ0) is 26.8. The summed E-state index contributed by atoms with van der Waals surface area (Å²) in [6.45, 7) is 2.06. The van der Waals surface area contributed by atoms with Crippen LogP contribution in [0.1, 0.15) is 18.0 Å². The number of likely N-dealkylation sites (tertiary alicyclic amines) is 1. The van der Waals surface area contributed by atoms with E-state index in [2.05, 4.69) is 10.7 Å². The van der Waals surface area contributed by atoms with E-state index in [4.69, 9.17) is 16.2 Å². The number of hydrogen-bond acceptors (Lipinski definition) is 8. The number of carbonyl (C=O) groups is 1. The molecule has 0 aliphatic carbocycles. The molecule has 0 aromatic heterocycles. The molecule has 0 saturated carbocycles. The minimum Gasteiger partial charge on any atom is -0.457 e. The minimum atomic E-state index is -0.433. The van der Waals surface area contributed by atoms with Crippen molar-refractivity contribution in [1.82, 2.24) is 25.6 Å². The molecular formula is C28H41N7O2. The Kier molecular flexibility index (Phi) is 10.7. The van der Waals surface area contributed by atoms with Gasteiger partial charge in [0.25, 0.3) is 0 Å². The number of nitrogens with one attached hydrogen (secondary N) is 2. The molecule has 2 aromatic carbocycles. The number of amides is 1. The summed E-state index contributed by atoms with van der Waals surface area (Å²) in [6, 6.07) is 17.1. The molecule has 9 nitrogen and oxygen atoms in total. The fourth-order valence-corrected chi connectivity index (χ4v) is 4.28. The van der Waals surface area contributed by atoms with Crippen LogP contribution in [0.2, 0.25) is 0 Å². The van der Waals surface area contributed by atoms with E-state index in [0.29, 0.717) is 13.1 Å². The number of benzene rings is 2. The maximum atomic E-state index is 12.6. The van der Waals surface area contributed by atoms with Crippen LogP contribution in [0.3, 0.4) is 0 Å². The lowest BCUT2D eigenvalue weighted by atomic mass is 9.97. The minimum absolute atomic E-state index is 0.0359. The molecule has 9 heteroatoms. The molecule has 1 fully saturated rings. The second-order valence-corrected chi connectivity index (χ2v) is 9.47. The number of rotatable bonds is 12. The third-order valence-corrected chi connectivity index (χ3v) is 6.45. The van der Waals surface area contributed by atoms with Crippen molar-refractivity contribution in [2.75, 3.05) is 47.8 Å². The Morgan fingerprint density at radius 2 is 1.81 bits per heavy atom. The highest BCUT2D eigenvalue weighted by Gasteiger charge is 2.31. The van der Waals surface area contributed by atoms with Gasteiger partial charge in [0.05, 0.1) is 12.2 Å². The highest BCUT2D eigenvalue weighted by molar-refractivity contribution is 5.87. The molecule has 0 radical (unpaired) electrons. The molecule has 1 amide bonds. The van der Waals surface area contributed by atoms with E-state index in [9.17, 15) is 4.79 Å². The summed E-state index contributed by atoms with van der Waals surface area (Å²) in [7, 11) is 7.74. The first-order chi connectivity index (χ1) is 17.8. The van der Waals surface area contributed by atoms with Gasteiger partial charge < -0.3 is 26.0 Å². The van der Waals surface area contributed by atoms with Crippen molar-refractivity contribution < 1.29 is 9.53 Å². The van der Waals surface area contributed by atoms with E-state index in [0.717, 1.165) is 35.6 Å². The normalized spacial score (nSPS) is 18.1. The Labute approximate surface area is 220 Å². The van der Waals surface area contributed by atoms with Gasteiger partial charge in [0.1, 0.15) is 11.5 Å². The van der Waals surface area contributed by atoms with Crippen LogP contribution in [0.4, 0.5) is 0 Å². The zero-order valence-electron chi connectivity index (χ0n) is 22.3. The van der Waals surface area contributed by atoms with Gasteiger partial charge in [-0.3, -0.25) is 15.5 Å². The zero-order valence-corrected chi connectivity index (χ0v) is 22.3. The fraction of sp³-hybridized carbons (Fsp3) is 0.393. The summed E-state index contributed by atoms with van der Waals surface area (Å²) in [6.07, 6.45) is 5.71. The Morgan fingerprint density at radius 3 is 2.43 bits per heavy atom. The summed E-state index contributed by atoms with van der Waals surface area (Å²) < 4.78 is 5.91. The van der Waals surface area contributed by atoms with Crippen molar-refractivity contribution in [2.45, 2.75) is 24.7 Å². The SMILES string of the molecule is CNN(C)C(NC1CCN(C(=O)/C=C/CN(C)C)C1)/C(=C\N)C(N)c1ccc(Oc2ccccc2)cc1. The molecule has 2 aromatic rings. The molecule has 3 rings (SSSR count). The first-order valence-corrected chi connectivity index (χ1v) is 12.6. The summed E-state index contributed by atoms with van der Waals surface area (Å²) in [5.74, 6) is 1.55. The first kappa shape index (κ1) is 28.4. The van der Waals surface area contributed by atoms with Crippen molar-refractivity contribution in [1.29, 1.82) is 0 Å². The molecule has 6 N–H and O–H groups in total. The van der Waals surface area contributed by atoms with Gasteiger partial charge in [-0.25, -0.2) is 5.01 Å². The predicted octanol–water partition coefficient (Wildman–Crippen LogP) is 2.02. The molecule has 3 unspecified atom stereocenters. The molecular weight excluding hydrogens is 466 g/mol. The van der Waals surface area contributed by atoms with E-state index >= 15 is 0 Å². The Bertz CT molecular complexity index is 1040. The van der Waals surface area contributed by atoms with Crippen LogP contribution in [-0.2, 0) is 4.79 Å². The summed E-state index contributed by atoms with van der Waals surface area (Å²) in [4.78, 5) is 16.5. The van der Waals surface area contributed by atoms with Crippen LogP contribution >= 0.6 is 0 Å². The standard InChI is InChI=1S/C28H41N7O2/c1-31-34(4)28(32-22-16-18-35(20-22)26(36)11-8-17-33(2)3)25(19-29)27(30)21-12-14-24(15-13-21)37-23-9-6-5-7-10-23/h5-15,19,22,27-28,31-32H,16-18,20,29-30H2,1-4H3/b11-8+,25-19-. The maximum absolute atomic E-state index is 12.6. The smallest absolute Gasteiger partial charge is 0.246 e. The second kappa shape index (κ2) is 13.9. The highest BCUT2D eigenvalue weighted by Crippen LogP contribution is 2.27. The molecule has 3 atom stereocenters. The van der Waals surface area contributed by atoms with Crippen molar-refractivity contribution in [3.8, 4) is 11.5 Å². The monoisotopic (exact) mass is 507 g/mol. The number of hydrogen-bond donors (Lipinski definition) is 4. The molecule has 200 valence electrons. The Hall–Kier alpha value is -3.21. The number of nitrogens with zero attached hydrogens (tertiary/aromatic N) is 3. The topological polar surface area (TPSA) is 112 Å². The number of para-hydroxylation sites is 1. The Morgan fingerprint density at radius 1 is 1.14 bits per heavy atom. The molecule has 1 saturated heterocycles. The van der Waals surface area contributed by atoms with Gasteiger partial charge >= 0.3 is 0 Å². The number of ether oxygens (including phenoxy) is 1. The van der Waals surface area contributed by atoms with E-state index in [1.54, 1.807) is 12.3 Å². The van der Waals surface area contributed by atoms with Crippen LogP contribution in [0.15, 0.2) is 78.5 Å². The van der Waals surface area contributed by atoms with Gasteiger partial charge in [0.15, 0.2) is 0 Å². The largest absolute Gasteiger partial charge is 0.457 e. The second-order valence-electron chi connectivity index (χ2n) is 9.47. The number of nitrogens with two attached hydrogens (primary N) is 2. The average molecular weight is 508 g/mol. The first-order valence-electron chi connectivity index (χ1n) is 12.6. The third kappa shape index (κ3) is 8.14. The lowest BCUT2D eigenvalue weighted by molar-refractivity contribution is -0.125. The van der Waals surface area contributed by atoms with E-state index < -0.39 is 6.04 Å². The van der Waals surface area contributed by atoms with Gasteiger partial charge in [-0.1, -0.05) is 36.4 Å². The van der Waals surface area contributed by atoms with Crippen LogP contribution < -0.4 is 26.9 Å². The predicted molar refractivity (Wildman–Crippen MR) is 149 cm³/mol. The summed E-state index contributed by atoms with van der Waals surface area (Å²) in [5, 5.41) is 5.59. The lowest BCUT2D eigenvalue weighted by Gasteiger charge is -2.35. The maximum Gasteiger partial charge on any atom is 0.246 e. The quantitative estimate of drug-likeness (QED) is 0.196. The van der Waals surface area contributed by atoms with Crippen LogP contribution in [-0.4, -0.2) is 80.7 Å². The summed E-state index contributed by atoms with van der Waals surface area (Å²) in [5.41, 5.74) is 17.8. The molecule has 37 heavy (non-hydrogen) atoms. The molecule has 0 bridgehead atoms. The number of likely N-dealkylation sites (N-methyl/N-ethyl adjacent to an activating group) is 2. The van der Waals surface area contributed by atoms with Gasteiger partial charge in [-0.2, -0.15) is 0 Å². The summed E-state index contributed by atoms with van der Waals surface area (Å²) >= 11 is 0. The van der Waals surface area contributed by atoms with Crippen molar-refractivity contribution >= 4 is 5.91 Å². The molecule has 1 heterocycles. The molecule has 0 spiro atoms. The van der Waals surface area contributed by atoms with Crippen LogP contribution in [0, 0.1) is 0 Å². The van der Waals surface area contributed by atoms with Gasteiger partial charge in [0.2, 0.25) is 5.91 Å². The van der Waals surface area contributed by atoms with Crippen LogP contribution in [0.5, 0.6) is 11.5 Å².